The number of nitrogens with one attached hydrogen (secondary N) is 1. The Bertz CT molecular complexity index is 490. The first-order valence-corrected chi connectivity index (χ1v) is 7.38. The topological polar surface area (TPSA) is 71.5 Å². The monoisotopic (exact) mass is 292 g/mol. The number of aliphatic hydroxyl groups is 1. The normalized spacial score (nSPS) is 27.0. The molecule has 0 bridgehead atoms. The summed E-state index contributed by atoms with van der Waals surface area (Å²) < 4.78 is 5.61. The van der Waals surface area contributed by atoms with Gasteiger partial charge in [-0.1, -0.05) is 13.8 Å². The maximum absolute atomic E-state index is 11.9. The molecule has 1 heterocycles. The lowest BCUT2D eigenvalue weighted by Crippen LogP contribution is -2.68. The first kappa shape index (κ1) is 15.9. The number of rotatable bonds is 6. The van der Waals surface area contributed by atoms with Crippen LogP contribution in [0.2, 0.25) is 0 Å². The number of aromatic nitrogens is 1. The molecule has 2 atom stereocenters. The van der Waals surface area contributed by atoms with Crippen LogP contribution in [-0.2, 0) is 16.0 Å². The molecule has 1 aliphatic carbocycles. The molecular weight excluding hydrogens is 268 g/mol. The van der Waals surface area contributed by atoms with Gasteiger partial charge in [-0.25, -0.2) is 0 Å². The Morgan fingerprint density at radius 1 is 1.48 bits per heavy atom. The minimum Gasteiger partial charge on any atom is -0.387 e. The third-order valence-corrected chi connectivity index (χ3v) is 4.59. The minimum absolute atomic E-state index is 0.0459. The van der Waals surface area contributed by atoms with E-state index >= 15 is 0 Å². The van der Waals surface area contributed by atoms with Gasteiger partial charge in [0.2, 0.25) is 5.91 Å². The van der Waals surface area contributed by atoms with Crippen molar-refractivity contribution in [3.05, 3.63) is 30.1 Å². The maximum Gasteiger partial charge on any atom is 0.224 e. The molecule has 5 nitrogen and oxygen atoms in total. The molecule has 1 aromatic rings. The zero-order valence-corrected chi connectivity index (χ0v) is 12.9. The number of ether oxygens (including phenoxy) is 1. The molecule has 1 saturated carbocycles. The molecule has 1 fully saturated rings. The Balaban J connectivity index is 1.84. The molecule has 0 saturated heterocycles. The van der Waals surface area contributed by atoms with Crippen LogP contribution in [0.3, 0.4) is 0 Å². The lowest BCUT2D eigenvalue weighted by atomic mass is 9.56. The number of hydrogen-bond donors (Lipinski definition) is 2. The number of pyridine rings is 1. The molecule has 1 aliphatic rings. The molecule has 0 aliphatic heterocycles. The molecule has 0 radical (unpaired) electrons. The van der Waals surface area contributed by atoms with Crippen LogP contribution in [0.1, 0.15) is 32.8 Å². The molecule has 0 unspecified atom stereocenters. The van der Waals surface area contributed by atoms with E-state index in [4.69, 9.17) is 4.74 Å². The van der Waals surface area contributed by atoms with Crippen molar-refractivity contribution in [1.29, 1.82) is 0 Å². The Morgan fingerprint density at radius 2 is 2.14 bits per heavy atom. The number of carbonyl (C=O) groups is 1. The van der Waals surface area contributed by atoms with Crippen LogP contribution in [0.5, 0.6) is 0 Å². The van der Waals surface area contributed by atoms with Crippen LogP contribution >= 0.6 is 0 Å². The Hall–Kier alpha value is -1.46. The van der Waals surface area contributed by atoms with Crippen LogP contribution in [0.4, 0.5) is 0 Å². The molecule has 2 N–H and O–H groups in total. The van der Waals surface area contributed by atoms with E-state index in [1.54, 1.807) is 12.4 Å². The van der Waals surface area contributed by atoms with Gasteiger partial charge < -0.3 is 15.2 Å². The molecule has 0 aromatic carbocycles. The maximum atomic E-state index is 11.9. The fourth-order valence-corrected chi connectivity index (χ4v) is 2.76. The van der Waals surface area contributed by atoms with Gasteiger partial charge in [0.25, 0.3) is 0 Å². The second kappa shape index (κ2) is 6.12. The zero-order chi connectivity index (χ0) is 15.5. The van der Waals surface area contributed by atoms with E-state index in [1.807, 2.05) is 32.9 Å². The molecule has 5 heteroatoms. The quantitative estimate of drug-likeness (QED) is 0.829. The first-order valence-electron chi connectivity index (χ1n) is 7.38. The van der Waals surface area contributed by atoms with E-state index in [0.717, 1.165) is 5.56 Å². The van der Waals surface area contributed by atoms with Gasteiger partial charge in [-0.05, 0) is 24.6 Å². The highest BCUT2D eigenvalue weighted by atomic mass is 16.5. The van der Waals surface area contributed by atoms with Crippen LogP contribution in [0.15, 0.2) is 24.5 Å². The van der Waals surface area contributed by atoms with Crippen LogP contribution < -0.4 is 5.32 Å². The van der Waals surface area contributed by atoms with Crippen molar-refractivity contribution in [3.8, 4) is 0 Å². The average molecular weight is 292 g/mol. The molecule has 116 valence electrons. The number of carbonyl (C=O) groups excluding carboxylic acids is 1. The Labute approximate surface area is 125 Å². The van der Waals surface area contributed by atoms with Gasteiger partial charge in [0.05, 0.1) is 18.1 Å². The summed E-state index contributed by atoms with van der Waals surface area (Å²) in [6.45, 7) is 6.80. The number of amides is 1. The Morgan fingerprint density at radius 3 is 2.71 bits per heavy atom. The summed E-state index contributed by atoms with van der Waals surface area (Å²) in [7, 11) is 0. The van der Waals surface area contributed by atoms with E-state index in [2.05, 4.69) is 10.3 Å². The highest BCUT2D eigenvalue weighted by Gasteiger charge is 2.59. The average Bonchev–Trinajstić information content (AvgIpc) is 2.46. The summed E-state index contributed by atoms with van der Waals surface area (Å²) in [6, 6.07) is 3.62. The van der Waals surface area contributed by atoms with Crippen molar-refractivity contribution >= 4 is 5.91 Å². The second-order valence-corrected chi connectivity index (χ2v) is 6.21. The van der Waals surface area contributed by atoms with Crippen LogP contribution in [0, 0.1) is 5.41 Å². The van der Waals surface area contributed by atoms with Crippen LogP contribution in [-0.4, -0.2) is 40.9 Å². The highest BCUT2D eigenvalue weighted by molar-refractivity contribution is 5.78. The third-order valence-electron chi connectivity index (χ3n) is 4.59. The summed E-state index contributed by atoms with van der Waals surface area (Å²) in [4.78, 5) is 15.9. The molecule has 21 heavy (non-hydrogen) atoms. The molecular formula is C16H24N2O3. The van der Waals surface area contributed by atoms with E-state index in [1.165, 1.54) is 0 Å². The summed E-state index contributed by atoms with van der Waals surface area (Å²) in [5, 5.41) is 13.5. The fraction of sp³-hybridized carbons (Fsp3) is 0.625. The first-order chi connectivity index (χ1) is 9.89. The Kier molecular flexibility index (Phi) is 4.64. The van der Waals surface area contributed by atoms with E-state index < -0.39 is 5.60 Å². The molecule has 2 rings (SSSR count). The van der Waals surface area contributed by atoms with Crippen molar-refractivity contribution < 1.29 is 14.6 Å². The zero-order valence-electron chi connectivity index (χ0n) is 12.9. The van der Waals surface area contributed by atoms with Crippen molar-refractivity contribution in [2.75, 3.05) is 13.2 Å². The molecule has 1 amide bonds. The fourth-order valence-electron chi connectivity index (χ4n) is 2.76. The number of nitrogens with zero attached hydrogens (tertiary/aromatic N) is 1. The van der Waals surface area contributed by atoms with Crippen LogP contribution in [0.25, 0.3) is 0 Å². The van der Waals surface area contributed by atoms with Gasteiger partial charge >= 0.3 is 0 Å². The summed E-state index contributed by atoms with van der Waals surface area (Å²) in [6.07, 6.45) is 4.23. The largest absolute Gasteiger partial charge is 0.387 e. The molecule has 1 aromatic heterocycles. The van der Waals surface area contributed by atoms with Gasteiger partial charge in [0, 0.05) is 37.4 Å². The van der Waals surface area contributed by atoms with E-state index in [0.29, 0.717) is 19.4 Å². The lowest BCUT2D eigenvalue weighted by molar-refractivity contribution is -0.238. The van der Waals surface area contributed by atoms with Gasteiger partial charge in [-0.3, -0.25) is 9.78 Å². The summed E-state index contributed by atoms with van der Waals surface area (Å²) in [5.41, 5.74) is -0.345. The minimum atomic E-state index is -0.902. The van der Waals surface area contributed by atoms with Crippen molar-refractivity contribution in [1.82, 2.24) is 10.3 Å². The standard InChI is InChI=1S/C16H24N2O3/c1-4-21-13-10-16(20,15(13,2)3)11-18-14(19)9-12-5-7-17-8-6-12/h5-8,13,20H,4,9-11H2,1-3H3,(H,18,19)/t13-,16-/m0/s1. The van der Waals surface area contributed by atoms with Gasteiger partial charge in [0.15, 0.2) is 0 Å². The summed E-state index contributed by atoms with van der Waals surface area (Å²) >= 11 is 0. The van der Waals surface area contributed by atoms with Gasteiger partial charge in [0.1, 0.15) is 0 Å². The lowest BCUT2D eigenvalue weighted by Gasteiger charge is -2.57. The van der Waals surface area contributed by atoms with Crippen molar-refractivity contribution in [2.45, 2.75) is 45.3 Å². The third kappa shape index (κ3) is 3.24. The predicted molar refractivity (Wildman–Crippen MR) is 79.7 cm³/mol. The van der Waals surface area contributed by atoms with E-state index in [9.17, 15) is 9.90 Å². The van der Waals surface area contributed by atoms with Crippen molar-refractivity contribution in [2.24, 2.45) is 5.41 Å². The van der Waals surface area contributed by atoms with E-state index in [-0.39, 0.29) is 24.0 Å². The van der Waals surface area contributed by atoms with Crippen molar-refractivity contribution in [3.63, 3.8) is 0 Å². The molecule has 0 spiro atoms. The predicted octanol–water partition coefficient (Wildman–Crippen LogP) is 1.31. The smallest absolute Gasteiger partial charge is 0.224 e. The second-order valence-electron chi connectivity index (χ2n) is 6.21. The van der Waals surface area contributed by atoms with Gasteiger partial charge in [-0.15, -0.1) is 0 Å². The van der Waals surface area contributed by atoms with Gasteiger partial charge in [-0.2, -0.15) is 0 Å². The highest BCUT2D eigenvalue weighted by Crippen LogP contribution is 2.50. The number of hydrogen-bond acceptors (Lipinski definition) is 4. The summed E-state index contributed by atoms with van der Waals surface area (Å²) in [5.74, 6) is -0.0923. The SMILES string of the molecule is CCO[C@H]1C[C@](O)(CNC(=O)Cc2ccncc2)C1(C)C.